The molecular weight excluding hydrogens is 454 g/mol. The summed E-state index contributed by atoms with van der Waals surface area (Å²) in [5, 5.41) is 2.26. The van der Waals surface area contributed by atoms with Crippen molar-refractivity contribution in [3.05, 3.63) is 76.3 Å². The predicted octanol–water partition coefficient (Wildman–Crippen LogP) is 2.94. The van der Waals surface area contributed by atoms with Gasteiger partial charge in [-0.3, -0.25) is 14.4 Å². The van der Waals surface area contributed by atoms with E-state index in [1.54, 1.807) is 43.3 Å². The molecule has 30 heavy (non-hydrogen) atoms. The van der Waals surface area contributed by atoms with E-state index in [0.29, 0.717) is 0 Å². The SMILES string of the molecule is CCOC(=O)CNC(=O)C(OC(=O)C=Cc1ccccc1)C(=O)c1ccc(Br)cc1. The van der Waals surface area contributed by atoms with E-state index in [0.717, 1.165) is 16.1 Å². The molecule has 0 heterocycles. The van der Waals surface area contributed by atoms with Gasteiger partial charge < -0.3 is 14.8 Å². The van der Waals surface area contributed by atoms with Gasteiger partial charge in [0.05, 0.1) is 6.61 Å². The van der Waals surface area contributed by atoms with Gasteiger partial charge in [0.1, 0.15) is 6.54 Å². The molecule has 0 spiro atoms. The molecule has 2 aromatic rings. The average molecular weight is 474 g/mol. The normalized spacial score (nSPS) is 11.5. The summed E-state index contributed by atoms with van der Waals surface area (Å²) < 4.78 is 10.6. The second kappa shape index (κ2) is 11.7. The van der Waals surface area contributed by atoms with E-state index in [-0.39, 0.29) is 12.2 Å². The van der Waals surface area contributed by atoms with Crippen molar-refractivity contribution in [2.45, 2.75) is 13.0 Å². The van der Waals surface area contributed by atoms with Gasteiger partial charge in [-0.15, -0.1) is 0 Å². The van der Waals surface area contributed by atoms with Crippen LogP contribution in [0.4, 0.5) is 0 Å². The Labute approximate surface area is 182 Å². The number of ether oxygens (including phenoxy) is 2. The van der Waals surface area contributed by atoms with Gasteiger partial charge in [0.2, 0.25) is 11.9 Å². The van der Waals surface area contributed by atoms with E-state index in [1.807, 2.05) is 6.07 Å². The van der Waals surface area contributed by atoms with E-state index in [1.165, 1.54) is 18.2 Å². The summed E-state index contributed by atoms with van der Waals surface area (Å²) in [7, 11) is 0. The molecule has 0 radical (unpaired) electrons. The van der Waals surface area contributed by atoms with Crippen LogP contribution in [0.5, 0.6) is 0 Å². The number of esters is 2. The highest BCUT2D eigenvalue weighted by molar-refractivity contribution is 9.10. The number of carbonyl (C=O) groups excluding carboxylic acids is 4. The number of benzene rings is 2. The third-order valence-corrected chi connectivity index (χ3v) is 4.29. The lowest BCUT2D eigenvalue weighted by Crippen LogP contribution is -2.44. The van der Waals surface area contributed by atoms with Crippen molar-refractivity contribution in [3.63, 3.8) is 0 Å². The molecule has 0 saturated carbocycles. The minimum absolute atomic E-state index is 0.148. The monoisotopic (exact) mass is 473 g/mol. The Morgan fingerprint density at radius 3 is 2.33 bits per heavy atom. The lowest BCUT2D eigenvalue weighted by molar-refractivity contribution is -0.149. The molecule has 0 bridgehead atoms. The van der Waals surface area contributed by atoms with Crippen molar-refractivity contribution in [1.82, 2.24) is 5.32 Å². The predicted molar refractivity (Wildman–Crippen MR) is 113 cm³/mol. The first kappa shape index (κ1) is 23.0. The van der Waals surface area contributed by atoms with Crippen LogP contribution in [0.15, 0.2) is 65.1 Å². The highest BCUT2D eigenvalue weighted by atomic mass is 79.9. The molecule has 2 rings (SSSR count). The van der Waals surface area contributed by atoms with E-state index >= 15 is 0 Å². The first-order valence-electron chi connectivity index (χ1n) is 9.07. The second-order valence-electron chi connectivity index (χ2n) is 5.95. The maximum Gasteiger partial charge on any atom is 0.332 e. The Balaban J connectivity index is 2.15. The zero-order chi connectivity index (χ0) is 21.9. The average Bonchev–Trinajstić information content (AvgIpc) is 2.75. The van der Waals surface area contributed by atoms with E-state index in [4.69, 9.17) is 9.47 Å². The fourth-order valence-electron chi connectivity index (χ4n) is 2.34. The molecular formula is C22H20BrNO6. The minimum atomic E-state index is -1.76. The molecule has 0 saturated heterocycles. The maximum absolute atomic E-state index is 12.8. The van der Waals surface area contributed by atoms with E-state index in [2.05, 4.69) is 21.2 Å². The number of rotatable bonds is 9. The van der Waals surface area contributed by atoms with Crippen molar-refractivity contribution >= 4 is 45.6 Å². The van der Waals surface area contributed by atoms with Crippen LogP contribution in [-0.4, -0.2) is 42.9 Å². The molecule has 0 aliphatic rings. The molecule has 8 heteroatoms. The van der Waals surface area contributed by atoms with Gasteiger partial charge in [0.25, 0.3) is 5.91 Å². The lowest BCUT2D eigenvalue weighted by atomic mass is 10.1. The van der Waals surface area contributed by atoms with Crippen molar-refractivity contribution in [3.8, 4) is 0 Å². The molecule has 0 aliphatic carbocycles. The minimum Gasteiger partial charge on any atom is -0.465 e. The van der Waals surface area contributed by atoms with Crippen molar-refractivity contribution in [2.75, 3.05) is 13.2 Å². The van der Waals surface area contributed by atoms with Crippen LogP contribution in [0.2, 0.25) is 0 Å². The Bertz CT molecular complexity index is 924. The van der Waals surface area contributed by atoms with Crippen LogP contribution in [0.25, 0.3) is 6.08 Å². The fourth-order valence-corrected chi connectivity index (χ4v) is 2.60. The molecule has 1 amide bonds. The maximum atomic E-state index is 12.8. The van der Waals surface area contributed by atoms with Gasteiger partial charge in [-0.25, -0.2) is 4.79 Å². The third-order valence-electron chi connectivity index (χ3n) is 3.76. The van der Waals surface area contributed by atoms with Crippen LogP contribution in [0.3, 0.4) is 0 Å². The van der Waals surface area contributed by atoms with E-state index < -0.39 is 36.3 Å². The molecule has 0 aromatic heterocycles. The summed E-state index contributed by atoms with van der Waals surface area (Å²) in [5.74, 6) is -3.18. The van der Waals surface area contributed by atoms with Crippen molar-refractivity contribution < 1.29 is 28.7 Å². The number of amides is 1. The highest BCUT2D eigenvalue weighted by Gasteiger charge is 2.31. The first-order valence-corrected chi connectivity index (χ1v) is 9.87. The standard InChI is InChI=1S/C22H20BrNO6/c1-2-29-19(26)14-24-22(28)21(20(27)16-9-11-17(23)12-10-16)30-18(25)13-8-15-6-4-3-5-7-15/h3-13,21H,2,14H2,1H3,(H,24,28). The number of carbonyl (C=O) groups is 4. The second-order valence-corrected chi connectivity index (χ2v) is 6.87. The van der Waals surface area contributed by atoms with Crippen LogP contribution in [0.1, 0.15) is 22.8 Å². The Morgan fingerprint density at radius 1 is 1.03 bits per heavy atom. The van der Waals surface area contributed by atoms with Gasteiger partial charge in [-0.2, -0.15) is 0 Å². The third kappa shape index (κ3) is 7.29. The summed E-state index contributed by atoms with van der Waals surface area (Å²) in [5.41, 5.74) is 0.923. The first-order chi connectivity index (χ1) is 14.4. The zero-order valence-electron chi connectivity index (χ0n) is 16.2. The summed E-state index contributed by atoms with van der Waals surface area (Å²) in [6.07, 6.45) is 0.865. The quantitative estimate of drug-likeness (QED) is 0.260. The number of halogens is 1. The van der Waals surface area contributed by atoms with Crippen LogP contribution in [-0.2, 0) is 23.9 Å². The van der Waals surface area contributed by atoms with Gasteiger partial charge in [-0.05, 0) is 30.7 Å². The van der Waals surface area contributed by atoms with Gasteiger partial charge in [0.15, 0.2) is 0 Å². The van der Waals surface area contributed by atoms with Crippen LogP contribution in [0, 0.1) is 0 Å². The number of hydrogen-bond acceptors (Lipinski definition) is 6. The molecule has 7 nitrogen and oxygen atoms in total. The topological polar surface area (TPSA) is 98.8 Å². The van der Waals surface area contributed by atoms with Crippen molar-refractivity contribution in [2.24, 2.45) is 0 Å². The Morgan fingerprint density at radius 2 is 1.70 bits per heavy atom. The number of hydrogen-bond donors (Lipinski definition) is 1. The Hall–Kier alpha value is -3.26. The zero-order valence-corrected chi connectivity index (χ0v) is 17.8. The Kier molecular flexibility index (Phi) is 8.96. The van der Waals surface area contributed by atoms with Gasteiger partial charge in [-0.1, -0.05) is 58.4 Å². The largest absolute Gasteiger partial charge is 0.465 e. The molecule has 1 N–H and O–H groups in total. The van der Waals surface area contributed by atoms with E-state index in [9.17, 15) is 19.2 Å². The molecule has 0 aliphatic heterocycles. The molecule has 2 aromatic carbocycles. The molecule has 156 valence electrons. The number of Topliss-reactive ketones (excluding diaryl/α,β-unsaturated/α-hetero) is 1. The summed E-state index contributed by atoms with van der Waals surface area (Å²) in [6, 6.07) is 15.2. The summed E-state index contributed by atoms with van der Waals surface area (Å²) in [6.45, 7) is 1.32. The van der Waals surface area contributed by atoms with Gasteiger partial charge in [0, 0.05) is 16.1 Å². The fraction of sp³-hybridized carbons (Fsp3) is 0.182. The van der Waals surface area contributed by atoms with Crippen LogP contribution >= 0.6 is 15.9 Å². The number of ketones is 1. The molecule has 0 fully saturated rings. The van der Waals surface area contributed by atoms with Crippen LogP contribution < -0.4 is 5.32 Å². The van der Waals surface area contributed by atoms with Crippen molar-refractivity contribution in [1.29, 1.82) is 0 Å². The highest BCUT2D eigenvalue weighted by Crippen LogP contribution is 2.14. The molecule has 1 unspecified atom stereocenters. The summed E-state index contributed by atoms with van der Waals surface area (Å²) >= 11 is 3.26. The molecule has 1 atom stereocenters. The lowest BCUT2D eigenvalue weighted by Gasteiger charge is -2.16. The van der Waals surface area contributed by atoms with Gasteiger partial charge >= 0.3 is 11.9 Å². The number of nitrogens with one attached hydrogen (secondary N) is 1. The smallest absolute Gasteiger partial charge is 0.332 e. The summed E-state index contributed by atoms with van der Waals surface area (Å²) in [4.78, 5) is 49.0.